The van der Waals surface area contributed by atoms with Crippen molar-refractivity contribution in [2.45, 2.75) is 32.2 Å². The van der Waals surface area contributed by atoms with E-state index in [4.69, 9.17) is 4.42 Å². The van der Waals surface area contributed by atoms with Crippen molar-refractivity contribution in [3.8, 4) is 11.3 Å². The van der Waals surface area contributed by atoms with Gasteiger partial charge >= 0.3 is 0 Å². The van der Waals surface area contributed by atoms with Gasteiger partial charge < -0.3 is 9.32 Å². The summed E-state index contributed by atoms with van der Waals surface area (Å²) in [5, 5.41) is 0. The van der Waals surface area contributed by atoms with Crippen LogP contribution in [0, 0.1) is 0 Å². The van der Waals surface area contributed by atoms with E-state index in [2.05, 4.69) is 6.92 Å². The first-order chi connectivity index (χ1) is 9.77. The molecule has 1 amide bonds. The van der Waals surface area contributed by atoms with E-state index in [1.807, 2.05) is 41.3 Å². The second kappa shape index (κ2) is 5.53. The molecule has 20 heavy (non-hydrogen) atoms. The van der Waals surface area contributed by atoms with E-state index >= 15 is 0 Å². The Morgan fingerprint density at radius 1 is 1.20 bits per heavy atom. The topological polar surface area (TPSA) is 33.5 Å². The summed E-state index contributed by atoms with van der Waals surface area (Å²) in [6, 6.07) is 11.7. The van der Waals surface area contributed by atoms with Crippen molar-refractivity contribution in [1.29, 1.82) is 0 Å². The SMILES string of the molecule is CC1CCCCN1C(=O)c1ccccc1-c1ccco1. The first-order valence-electron chi connectivity index (χ1n) is 7.21. The minimum Gasteiger partial charge on any atom is -0.464 e. The normalized spacial score (nSPS) is 19.1. The van der Waals surface area contributed by atoms with Gasteiger partial charge in [0.05, 0.1) is 11.8 Å². The monoisotopic (exact) mass is 269 g/mol. The summed E-state index contributed by atoms with van der Waals surface area (Å²) in [6.07, 6.45) is 5.04. The molecule has 2 aromatic rings. The summed E-state index contributed by atoms with van der Waals surface area (Å²) in [5.41, 5.74) is 1.61. The number of hydrogen-bond donors (Lipinski definition) is 0. The van der Waals surface area contributed by atoms with Gasteiger partial charge in [-0.2, -0.15) is 0 Å². The highest BCUT2D eigenvalue weighted by atomic mass is 16.3. The quantitative estimate of drug-likeness (QED) is 0.826. The van der Waals surface area contributed by atoms with E-state index in [-0.39, 0.29) is 5.91 Å². The summed E-state index contributed by atoms with van der Waals surface area (Å²) in [5.74, 6) is 0.864. The Morgan fingerprint density at radius 2 is 2.05 bits per heavy atom. The number of nitrogens with zero attached hydrogens (tertiary/aromatic N) is 1. The van der Waals surface area contributed by atoms with Gasteiger partial charge in [-0.1, -0.05) is 18.2 Å². The molecule has 1 aromatic carbocycles. The molecule has 1 unspecified atom stereocenters. The number of benzene rings is 1. The maximum Gasteiger partial charge on any atom is 0.254 e. The first-order valence-corrected chi connectivity index (χ1v) is 7.21. The maximum absolute atomic E-state index is 12.8. The highest BCUT2D eigenvalue weighted by Gasteiger charge is 2.26. The molecule has 0 aliphatic carbocycles. The van der Waals surface area contributed by atoms with Gasteiger partial charge in [0, 0.05) is 18.2 Å². The van der Waals surface area contributed by atoms with Crippen molar-refractivity contribution < 1.29 is 9.21 Å². The lowest BCUT2D eigenvalue weighted by Gasteiger charge is -2.33. The van der Waals surface area contributed by atoms with Gasteiger partial charge in [0.15, 0.2) is 0 Å². The Balaban J connectivity index is 1.96. The molecule has 104 valence electrons. The molecule has 2 heterocycles. The number of rotatable bonds is 2. The zero-order valence-corrected chi connectivity index (χ0v) is 11.7. The minimum absolute atomic E-state index is 0.115. The molecular formula is C17H19NO2. The summed E-state index contributed by atoms with van der Waals surface area (Å²) in [6.45, 7) is 2.99. The van der Waals surface area contributed by atoms with Crippen LogP contribution < -0.4 is 0 Å². The Hall–Kier alpha value is -2.03. The third kappa shape index (κ3) is 2.36. The summed E-state index contributed by atoms with van der Waals surface area (Å²) in [7, 11) is 0. The van der Waals surface area contributed by atoms with Crippen LogP contribution in [0.3, 0.4) is 0 Å². The van der Waals surface area contributed by atoms with Crippen LogP contribution in [0.4, 0.5) is 0 Å². The Kier molecular flexibility index (Phi) is 3.59. The van der Waals surface area contributed by atoms with E-state index in [9.17, 15) is 4.79 Å². The number of amides is 1. The molecule has 1 atom stereocenters. The Bertz CT molecular complexity index is 589. The highest BCUT2D eigenvalue weighted by Crippen LogP contribution is 2.27. The lowest BCUT2D eigenvalue weighted by Crippen LogP contribution is -2.42. The zero-order chi connectivity index (χ0) is 13.9. The molecule has 1 aliphatic rings. The number of carbonyl (C=O) groups excluding carboxylic acids is 1. The fourth-order valence-electron chi connectivity index (χ4n) is 2.87. The highest BCUT2D eigenvalue weighted by molar-refractivity contribution is 6.00. The van der Waals surface area contributed by atoms with E-state index in [0.717, 1.165) is 36.3 Å². The van der Waals surface area contributed by atoms with Crippen molar-refractivity contribution in [3.05, 3.63) is 48.2 Å². The van der Waals surface area contributed by atoms with Crippen molar-refractivity contribution in [2.75, 3.05) is 6.54 Å². The predicted octanol–water partition coefficient (Wildman–Crippen LogP) is 3.96. The lowest BCUT2D eigenvalue weighted by atomic mass is 9.99. The standard InChI is InChI=1S/C17H19NO2/c1-13-7-4-5-11-18(13)17(19)15-9-3-2-8-14(15)16-10-6-12-20-16/h2-3,6,8-10,12-13H,4-5,7,11H2,1H3. The average Bonchev–Trinajstić information content (AvgIpc) is 3.01. The smallest absolute Gasteiger partial charge is 0.254 e. The number of furan rings is 1. The number of piperidine rings is 1. The van der Waals surface area contributed by atoms with Gasteiger partial charge in [0.1, 0.15) is 5.76 Å². The van der Waals surface area contributed by atoms with E-state index < -0.39 is 0 Å². The van der Waals surface area contributed by atoms with Crippen LogP contribution in [0.25, 0.3) is 11.3 Å². The molecule has 3 heteroatoms. The minimum atomic E-state index is 0.115. The summed E-state index contributed by atoms with van der Waals surface area (Å²) in [4.78, 5) is 14.8. The van der Waals surface area contributed by atoms with Crippen LogP contribution in [0.2, 0.25) is 0 Å². The summed E-state index contributed by atoms with van der Waals surface area (Å²) >= 11 is 0. The van der Waals surface area contributed by atoms with Crippen molar-refractivity contribution in [2.24, 2.45) is 0 Å². The van der Waals surface area contributed by atoms with Crippen molar-refractivity contribution in [1.82, 2.24) is 4.90 Å². The van der Waals surface area contributed by atoms with Gasteiger partial charge in [0.25, 0.3) is 5.91 Å². The fraction of sp³-hybridized carbons (Fsp3) is 0.353. The van der Waals surface area contributed by atoms with Crippen LogP contribution in [0.1, 0.15) is 36.5 Å². The molecule has 0 bridgehead atoms. The average molecular weight is 269 g/mol. The molecular weight excluding hydrogens is 250 g/mol. The van der Waals surface area contributed by atoms with E-state index in [0.29, 0.717) is 6.04 Å². The van der Waals surface area contributed by atoms with E-state index in [1.165, 1.54) is 6.42 Å². The van der Waals surface area contributed by atoms with Crippen LogP contribution in [-0.2, 0) is 0 Å². The molecule has 0 saturated carbocycles. The third-order valence-corrected chi connectivity index (χ3v) is 4.01. The lowest BCUT2D eigenvalue weighted by molar-refractivity contribution is 0.0636. The Labute approximate surface area is 119 Å². The molecule has 0 spiro atoms. The van der Waals surface area contributed by atoms with Crippen LogP contribution in [-0.4, -0.2) is 23.4 Å². The van der Waals surface area contributed by atoms with Gasteiger partial charge in [-0.15, -0.1) is 0 Å². The van der Waals surface area contributed by atoms with Gasteiger partial charge in [-0.25, -0.2) is 0 Å². The molecule has 0 N–H and O–H groups in total. The molecule has 3 nitrogen and oxygen atoms in total. The molecule has 1 aliphatic heterocycles. The Morgan fingerprint density at radius 3 is 2.80 bits per heavy atom. The third-order valence-electron chi connectivity index (χ3n) is 4.01. The number of likely N-dealkylation sites (tertiary alicyclic amines) is 1. The zero-order valence-electron chi connectivity index (χ0n) is 11.7. The largest absolute Gasteiger partial charge is 0.464 e. The second-order valence-corrected chi connectivity index (χ2v) is 5.37. The fourth-order valence-corrected chi connectivity index (χ4v) is 2.87. The van der Waals surface area contributed by atoms with Crippen LogP contribution in [0.5, 0.6) is 0 Å². The van der Waals surface area contributed by atoms with Gasteiger partial charge in [-0.3, -0.25) is 4.79 Å². The van der Waals surface area contributed by atoms with Crippen LogP contribution >= 0.6 is 0 Å². The molecule has 1 aromatic heterocycles. The molecule has 1 saturated heterocycles. The number of carbonyl (C=O) groups is 1. The maximum atomic E-state index is 12.8. The van der Waals surface area contributed by atoms with Gasteiger partial charge in [-0.05, 0) is 44.4 Å². The van der Waals surface area contributed by atoms with Crippen molar-refractivity contribution >= 4 is 5.91 Å². The van der Waals surface area contributed by atoms with Gasteiger partial charge in [0.2, 0.25) is 0 Å². The molecule has 0 radical (unpaired) electrons. The number of hydrogen-bond acceptors (Lipinski definition) is 2. The van der Waals surface area contributed by atoms with Crippen LogP contribution in [0.15, 0.2) is 47.1 Å². The molecule has 1 fully saturated rings. The predicted molar refractivity (Wildman–Crippen MR) is 78.5 cm³/mol. The summed E-state index contributed by atoms with van der Waals surface area (Å²) < 4.78 is 5.45. The first kappa shape index (κ1) is 13.0. The second-order valence-electron chi connectivity index (χ2n) is 5.37. The molecule has 3 rings (SSSR count). The van der Waals surface area contributed by atoms with E-state index in [1.54, 1.807) is 6.26 Å². The van der Waals surface area contributed by atoms with Crippen molar-refractivity contribution in [3.63, 3.8) is 0 Å².